The van der Waals surface area contributed by atoms with E-state index in [2.05, 4.69) is 31.7 Å². The number of allylic oxidation sites excluding steroid dienone is 3. The van der Waals surface area contributed by atoms with E-state index in [1.807, 2.05) is 0 Å². The zero-order valence-electron chi connectivity index (χ0n) is 17.1. The van der Waals surface area contributed by atoms with Crippen molar-refractivity contribution in [1.82, 2.24) is 0 Å². The summed E-state index contributed by atoms with van der Waals surface area (Å²) in [5.74, 6) is 3.96. The molecule has 0 saturated heterocycles. The van der Waals surface area contributed by atoms with Gasteiger partial charge in [-0.3, -0.25) is 0 Å². The van der Waals surface area contributed by atoms with Gasteiger partial charge in [0.1, 0.15) is 0 Å². The van der Waals surface area contributed by atoms with Gasteiger partial charge in [-0.1, -0.05) is 76.5 Å². The van der Waals surface area contributed by atoms with Crippen molar-refractivity contribution < 1.29 is 0 Å². The van der Waals surface area contributed by atoms with Gasteiger partial charge >= 0.3 is 0 Å². The Labute approximate surface area is 158 Å². The van der Waals surface area contributed by atoms with Gasteiger partial charge in [0.25, 0.3) is 0 Å². The van der Waals surface area contributed by atoms with Crippen LogP contribution in [0.4, 0.5) is 0 Å². The summed E-state index contributed by atoms with van der Waals surface area (Å²) < 4.78 is 0. The minimum atomic E-state index is 0.900. The van der Waals surface area contributed by atoms with Gasteiger partial charge in [-0.2, -0.15) is 0 Å². The van der Waals surface area contributed by atoms with Gasteiger partial charge in [-0.15, -0.1) is 6.58 Å². The summed E-state index contributed by atoms with van der Waals surface area (Å²) >= 11 is 0. The highest BCUT2D eigenvalue weighted by molar-refractivity contribution is 4.91. The van der Waals surface area contributed by atoms with Crippen LogP contribution in [0, 0.1) is 23.7 Å². The number of hydrogen-bond donors (Lipinski definition) is 0. The fourth-order valence-corrected chi connectivity index (χ4v) is 5.14. The highest BCUT2D eigenvalue weighted by Gasteiger charge is 2.21. The number of unbranched alkanes of at least 4 members (excludes halogenated alkanes) is 2. The molecule has 0 atom stereocenters. The smallest absolute Gasteiger partial charge is 0.0233 e. The van der Waals surface area contributed by atoms with Gasteiger partial charge in [-0.05, 0) is 75.0 Å². The maximum Gasteiger partial charge on any atom is -0.0233 e. The Hall–Kier alpha value is -0.520. The summed E-state index contributed by atoms with van der Waals surface area (Å²) in [7, 11) is 0. The van der Waals surface area contributed by atoms with Crippen molar-refractivity contribution in [3.8, 4) is 0 Å². The topological polar surface area (TPSA) is 0 Å². The second-order valence-corrected chi connectivity index (χ2v) is 9.03. The van der Waals surface area contributed by atoms with E-state index in [4.69, 9.17) is 0 Å². The van der Waals surface area contributed by atoms with Crippen molar-refractivity contribution in [2.24, 2.45) is 23.7 Å². The lowest BCUT2D eigenvalue weighted by Crippen LogP contribution is -2.14. The van der Waals surface area contributed by atoms with Crippen LogP contribution in [-0.4, -0.2) is 0 Å². The van der Waals surface area contributed by atoms with Gasteiger partial charge in [0, 0.05) is 0 Å². The van der Waals surface area contributed by atoms with Crippen LogP contribution in [0.2, 0.25) is 0 Å². The molecule has 0 heteroatoms. The first-order valence-electron chi connectivity index (χ1n) is 11.6. The molecule has 0 aromatic heterocycles. The third-order valence-electron chi connectivity index (χ3n) is 7.00. The summed E-state index contributed by atoms with van der Waals surface area (Å²) in [4.78, 5) is 0. The average molecular weight is 345 g/mol. The third kappa shape index (κ3) is 8.61. The molecule has 0 aromatic rings. The first kappa shape index (κ1) is 20.8. The molecular weight excluding hydrogens is 300 g/mol. The van der Waals surface area contributed by atoms with E-state index < -0.39 is 0 Å². The van der Waals surface area contributed by atoms with E-state index >= 15 is 0 Å². The zero-order valence-corrected chi connectivity index (χ0v) is 17.1. The molecule has 0 radical (unpaired) electrons. The summed E-state index contributed by atoms with van der Waals surface area (Å²) in [6, 6.07) is 0. The molecule has 2 saturated carbocycles. The first-order valence-corrected chi connectivity index (χ1v) is 11.6. The van der Waals surface area contributed by atoms with Crippen LogP contribution in [0.3, 0.4) is 0 Å². The molecule has 2 fully saturated rings. The molecule has 2 aliphatic carbocycles. The second-order valence-electron chi connectivity index (χ2n) is 9.03. The molecule has 2 rings (SSSR count). The minimum absolute atomic E-state index is 0.900. The van der Waals surface area contributed by atoms with Crippen LogP contribution in [0.25, 0.3) is 0 Å². The quantitative estimate of drug-likeness (QED) is 0.260. The molecule has 0 N–H and O–H groups in total. The predicted molar refractivity (Wildman–Crippen MR) is 113 cm³/mol. The maximum atomic E-state index is 3.86. The lowest BCUT2D eigenvalue weighted by molar-refractivity contribution is 0.255. The van der Waals surface area contributed by atoms with E-state index in [0.29, 0.717) is 0 Å². The Balaban J connectivity index is 1.50. The van der Waals surface area contributed by atoms with Gasteiger partial charge < -0.3 is 0 Å². The monoisotopic (exact) mass is 344 g/mol. The number of hydrogen-bond acceptors (Lipinski definition) is 0. The van der Waals surface area contributed by atoms with Crippen LogP contribution in [0.1, 0.15) is 110 Å². The van der Waals surface area contributed by atoms with Crippen molar-refractivity contribution in [2.45, 2.75) is 110 Å². The van der Waals surface area contributed by atoms with Crippen molar-refractivity contribution in [1.29, 1.82) is 0 Å². The Bertz CT molecular complexity index is 350. The van der Waals surface area contributed by atoms with Crippen LogP contribution >= 0.6 is 0 Å². The standard InChI is InChI=1S/C25H44/c1-3-5-7-11-23-18-20-25(21-19-23)13-9-8-12-24-16-14-22(15-17-24)10-6-4-2/h4,9,13,22-25H,2-3,5-8,10-12,14-21H2,1H3. The minimum Gasteiger partial charge on any atom is -0.103 e. The molecule has 0 unspecified atom stereocenters. The predicted octanol–water partition coefficient (Wildman–Crippen LogP) is 8.48. The molecule has 25 heavy (non-hydrogen) atoms. The van der Waals surface area contributed by atoms with Crippen molar-refractivity contribution in [2.75, 3.05) is 0 Å². The van der Waals surface area contributed by atoms with Crippen LogP contribution in [-0.2, 0) is 0 Å². The van der Waals surface area contributed by atoms with E-state index in [9.17, 15) is 0 Å². The first-order chi connectivity index (χ1) is 12.3. The molecule has 144 valence electrons. The maximum absolute atomic E-state index is 3.86. The van der Waals surface area contributed by atoms with E-state index in [1.165, 1.54) is 103 Å². The fourth-order valence-electron chi connectivity index (χ4n) is 5.14. The second kappa shape index (κ2) is 12.8. The Morgan fingerprint density at radius 1 is 0.720 bits per heavy atom. The zero-order chi connectivity index (χ0) is 17.7. The van der Waals surface area contributed by atoms with Gasteiger partial charge in [0.05, 0.1) is 0 Å². The fraction of sp³-hybridized carbons (Fsp3) is 0.840. The SMILES string of the molecule is C=CCCC1CCC(CCC=CC2CCC(CCCCC)CC2)CC1. The molecule has 2 aliphatic rings. The largest absolute Gasteiger partial charge is 0.103 e. The summed E-state index contributed by atoms with van der Waals surface area (Å²) in [5.41, 5.74) is 0. The van der Waals surface area contributed by atoms with Gasteiger partial charge in [-0.25, -0.2) is 0 Å². The molecule has 0 nitrogen and oxygen atoms in total. The summed E-state index contributed by atoms with van der Waals surface area (Å²) in [6.45, 7) is 6.18. The highest BCUT2D eigenvalue weighted by atomic mass is 14.3. The molecular formula is C25H44. The lowest BCUT2D eigenvalue weighted by Gasteiger charge is -2.28. The molecule has 0 aliphatic heterocycles. The van der Waals surface area contributed by atoms with Crippen molar-refractivity contribution in [3.05, 3.63) is 24.8 Å². The molecule has 0 spiro atoms. The third-order valence-corrected chi connectivity index (χ3v) is 7.00. The van der Waals surface area contributed by atoms with E-state index in [0.717, 1.165) is 23.7 Å². The number of rotatable bonds is 11. The van der Waals surface area contributed by atoms with Crippen molar-refractivity contribution >= 4 is 0 Å². The summed E-state index contributed by atoms with van der Waals surface area (Å²) in [6.07, 6.45) is 30.2. The lowest BCUT2D eigenvalue weighted by atomic mass is 9.78. The van der Waals surface area contributed by atoms with E-state index in [-0.39, 0.29) is 0 Å². The molecule has 0 aromatic carbocycles. The summed E-state index contributed by atoms with van der Waals surface area (Å²) in [5, 5.41) is 0. The van der Waals surface area contributed by atoms with Crippen molar-refractivity contribution in [3.63, 3.8) is 0 Å². The Kier molecular flexibility index (Phi) is 10.6. The normalized spacial score (nSPS) is 30.6. The Morgan fingerprint density at radius 3 is 1.88 bits per heavy atom. The van der Waals surface area contributed by atoms with Gasteiger partial charge in [0.2, 0.25) is 0 Å². The molecule has 0 amide bonds. The van der Waals surface area contributed by atoms with Crippen LogP contribution < -0.4 is 0 Å². The van der Waals surface area contributed by atoms with Crippen LogP contribution in [0.15, 0.2) is 24.8 Å². The average Bonchev–Trinajstić information content (AvgIpc) is 2.66. The van der Waals surface area contributed by atoms with Gasteiger partial charge in [0.15, 0.2) is 0 Å². The Morgan fingerprint density at radius 2 is 1.28 bits per heavy atom. The molecule has 0 bridgehead atoms. The highest BCUT2D eigenvalue weighted by Crippen LogP contribution is 2.35. The molecule has 0 heterocycles. The van der Waals surface area contributed by atoms with Crippen LogP contribution in [0.5, 0.6) is 0 Å². The van der Waals surface area contributed by atoms with E-state index in [1.54, 1.807) is 0 Å².